The summed E-state index contributed by atoms with van der Waals surface area (Å²) in [6.45, 7) is 0. The molecule has 2 heterocycles. The molecule has 0 radical (unpaired) electrons. The number of nitrogens with zero attached hydrogens (tertiary/aromatic N) is 1. The summed E-state index contributed by atoms with van der Waals surface area (Å²) in [5.41, 5.74) is 0.0166. The molecule has 3 atom stereocenters. The van der Waals surface area contributed by atoms with Crippen molar-refractivity contribution in [3.8, 4) is 0 Å². The summed E-state index contributed by atoms with van der Waals surface area (Å²) in [6, 6.07) is 19.7. The Bertz CT molecular complexity index is 737. The number of carbonyl (C=O) groups excluding carboxylic acids is 1. The zero-order valence-electron chi connectivity index (χ0n) is 15.8. The molecule has 2 fully saturated rings. The quantitative estimate of drug-likeness (QED) is 0.824. The van der Waals surface area contributed by atoms with E-state index in [1.165, 1.54) is 6.42 Å². The third-order valence-electron chi connectivity index (χ3n) is 6.29. The Morgan fingerprint density at radius 3 is 2.15 bits per heavy atom. The number of rotatable bonds is 5. The van der Waals surface area contributed by atoms with Gasteiger partial charge in [-0.15, -0.1) is 0 Å². The van der Waals surface area contributed by atoms with Crippen molar-refractivity contribution in [2.24, 2.45) is 0 Å². The zero-order valence-corrected chi connectivity index (χ0v) is 15.8. The SMILES string of the molecule is CN1C2CCC(OC(=O)CC(O)(c3ccccc3)c3ccccc3)[C@H]1CC2. The second-order valence-electron chi connectivity index (χ2n) is 7.84. The molecule has 2 saturated heterocycles. The number of benzene rings is 2. The van der Waals surface area contributed by atoms with E-state index in [0.717, 1.165) is 19.3 Å². The molecule has 2 unspecified atom stereocenters. The molecule has 1 N–H and O–H groups in total. The van der Waals surface area contributed by atoms with Gasteiger partial charge in [-0.1, -0.05) is 60.7 Å². The first-order valence-corrected chi connectivity index (χ1v) is 9.83. The molecule has 2 aliphatic heterocycles. The van der Waals surface area contributed by atoms with Gasteiger partial charge in [-0.05, 0) is 43.9 Å². The highest BCUT2D eigenvalue weighted by atomic mass is 16.5. The Labute approximate surface area is 160 Å². The standard InChI is InChI=1S/C23H27NO3/c1-24-19-12-14-20(24)21(15-13-19)27-22(25)16-23(26,17-8-4-2-5-9-17)18-10-6-3-7-11-18/h2-11,19-21,26H,12-16H2,1H3/t19?,20-,21?/m1/s1. The first kappa shape index (κ1) is 18.2. The number of carbonyl (C=O) groups is 1. The van der Waals surface area contributed by atoms with E-state index in [4.69, 9.17) is 4.74 Å². The number of aliphatic hydroxyl groups is 1. The second kappa shape index (κ2) is 7.45. The Morgan fingerprint density at radius 1 is 1.00 bits per heavy atom. The van der Waals surface area contributed by atoms with Gasteiger partial charge in [0.25, 0.3) is 0 Å². The Balaban J connectivity index is 1.54. The predicted molar refractivity (Wildman–Crippen MR) is 104 cm³/mol. The summed E-state index contributed by atoms with van der Waals surface area (Å²) in [7, 11) is 2.13. The normalized spacial score (nSPS) is 25.3. The predicted octanol–water partition coefficient (Wildman–Crippen LogP) is 3.48. The number of hydrogen-bond acceptors (Lipinski definition) is 4. The molecule has 4 heteroatoms. The van der Waals surface area contributed by atoms with Gasteiger partial charge in [0.15, 0.2) is 0 Å². The molecule has 0 aliphatic carbocycles. The Morgan fingerprint density at radius 2 is 1.56 bits per heavy atom. The third kappa shape index (κ3) is 3.52. The van der Waals surface area contributed by atoms with Crippen molar-refractivity contribution < 1.29 is 14.6 Å². The van der Waals surface area contributed by atoms with E-state index in [0.29, 0.717) is 23.2 Å². The van der Waals surface area contributed by atoms with Crippen molar-refractivity contribution in [2.45, 2.75) is 55.9 Å². The lowest BCUT2D eigenvalue weighted by molar-refractivity contribution is -0.158. The van der Waals surface area contributed by atoms with Gasteiger partial charge < -0.3 is 9.84 Å². The van der Waals surface area contributed by atoms with E-state index in [-0.39, 0.29) is 18.5 Å². The number of hydrogen-bond donors (Lipinski definition) is 1. The summed E-state index contributed by atoms with van der Waals surface area (Å²) in [6.07, 6.45) is 4.11. The van der Waals surface area contributed by atoms with E-state index < -0.39 is 5.60 Å². The largest absolute Gasteiger partial charge is 0.461 e. The van der Waals surface area contributed by atoms with Crippen LogP contribution in [0, 0.1) is 0 Å². The molecule has 0 spiro atoms. The van der Waals surface area contributed by atoms with Crippen molar-refractivity contribution in [1.29, 1.82) is 0 Å². The molecule has 4 nitrogen and oxygen atoms in total. The van der Waals surface area contributed by atoms with Crippen LogP contribution in [0.2, 0.25) is 0 Å². The average molecular weight is 365 g/mol. The van der Waals surface area contributed by atoms with Crippen LogP contribution >= 0.6 is 0 Å². The van der Waals surface area contributed by atoms with Gasteiger partial charge in [-0.25, -0.2) is 0 Å². The van der Waals surface area contributed by atoms with E-state index in [1.807, 2.05) is 60.7 Å². The van der Waals surface area contributed by atoms with E-state index in [9.17, 15) is 9.90 Å². The molecule has 2 aromatic carbocycles. The zero-order chi connectivity index (χ0) is 18.9. The van der Waals surface area contributed by atoms with Crippen molar-refractivity contribution in [1.82, 2.24) is 4.90 Å². The second-order valence-corrected chi connectivity index (χ2v) is 7.84. The van der Waals surface area contributed by atoms with Crippen LogP contribution < -0.4 is 0 Å². The highest BCUT2D eigenvalue weighted by Crippen LogP contribution is 2.37. The number of esters is 1. The molecule has 142 valence electrons. The molecule has 0 amide bonds. The van der Waals surface area contributed by atoms with Crippen LogP contribution in [0.25, 0.3) is 0 Å². The van der Waals surface area contributed by atoms with Crippen molar-refractivity contribution in [2.75, 3.05) is 7.05 Å². The average Bonchev–Trinajstić information content (AvgIpc) is 2.93. The molecule has 2 aromatic rings. The maximum absolute atomic E-state index is 12.9. The highest BCUT2D eigenvalue weighted by Gasteiger charge is 2.43. The molecule has 0 saturated carbocycles. The molecule has 27 heavy (non-hydrogen) atoms. The lowest BCUT2D eigenvalue weighted by Gasteiger charge is -2.37. The fourth-order valence-corrected chi connectivity index (χ4v) is 4.74. The van der Waals surface area contributed by atoms with Crippen LogP contribution in [-0.2, 0) is 15.1 Å². The lowest BCUT2D eigenvalue weighted by Crippen LogP contribution is -2.47. The first-order valence-electron chi connectivity index (χ1n) is 9.83. The van der Waals surface area contributed by atoms with Crippen LogP contribution in [0.4, 0.5) is 0 Å². The Hall–Kier alpha value is -2.17. The van der Waals surface area contributed by atoms with Gasteiger partial charge in [0.1, 0.15) is 11.7 Å². The molecular formula is C23H27NO3. The van der Waals surface area contributed by atoms with Crippen LogP contribution in [0.3, 0.4) is 0 Å². The van der Waals surface area contributed by atoms with Crippen LogP contribution in [0.1, 0.15) is 43.2 Å². The van der Waals surface area contributed by atoms with Crippen molar-refractivity contribution in [3.63, 3.8) is 0 Å². The number of ether oxygens (including phenoxy) is 1. The van der Waals surface area contributed by atoms with Gasteiger partial charge >= 0.3 is 5.97 Å². The molecule has 2 bridgehead atoms. The molecular weight excluding hydrogens is 338 g/mol. The summed E-state index contributed by atoms with van der Waals surface area (Å²) >= 11 is 0. The Kier molecular flexibility index (Phi) is 5.02. The summed E-state index contributed by atoms with van der Waals surface area (Å²) in [5, 5.41) is 11.5. The minimum Gasteiger partial charge on any atom is -0.461 e. The van der Waals surface area contributed by atoms with E-state index in [1.54, 1.807) is 0 Å². The topological polar surface area (TPSA) is 49.8 Å². The number of likely N-dealkylation sites (N-methyl/N-ethyl adjacent to an activating group) is 1. The summed E-state index contributed by atoms with van der Waals surface area (Å²) < 4.78 is 5.89. The summed E-state index contributed by atoms with van der Waals surface area (Å²) in [4.78, 5) is 15.2. The van der Waals surface area contributed by atoms with Crippen LogP contribution in [0.5, 0.6) is 0 Å². The maximum Gasteiger partial charge on any atom is 0.309 e. The van der Waals surface area contributed by atoms with Gasteiger partial charge in [-0.3, -0.25) is 9.69 Å². The van der Waals surface area contributed by atoms with Crippen LogP contribution in [0.15, 0.2) is 60.7 Å². The van der Waals surface area contributed by atoms with Crippen molar-refractivity contribution >= 4 is 5.97 Å². The van der Waals surface area contributed by atoms with E-state index >= 15 is 0 Å². The summed E-state index contributed by atoms with van der Waals surface area (Å²) in [5.74, 6) is -0.339. The third-order valence-corrected chi connectivity index (χ3v) is 6.29. The smallest absolute Gasteiger partial charge is 0.309 e. The van der Waals surface area contributed by atoms with Crippen LogP contribution in [-0.4, -0.2) is 41.2 Å². The first-order chi connectivity index (χ1) is 13.1. The van der Waals surface area contributed by atoms with E-state index in [2.05, 4.69) is 11.9 Å². The van der Waals surface area contributed by atoms with Gasteiger partial charge in [-0.2, -0.15) is 0 Å². The minimum absolute atomic E-state index is 0.0722. The fourth-order valence-electron chi connectivity index (χ4n) is 4.74. The molecule has 4 rings (SSSR count). The monoisotopic (exact) mass is 365 g/mol. The molecule has 2 aliphatic rings. The molecule has 0 aromatic heterocycles. The lowest BCUT2D eigenvalue weighted by atomic mass is 9.83. The number of piperidine rings is 1. The highest BCUT2D eigenvalue weighted by molar-refractivity contribution is 5.72. The van der Waals surface area contributed by atoms with Gasteiger partial charge in [0.2, 0.25) is 0 Å². The minimum atomic E-state index is -1.39. The maximum atomic E-state index is 12.9. The van der Waals surface area contributed by atoms with Gasteiger partial charge in [0.05, 0.1) is 6.42 Å². The fraction of sp³-hybridized carbons (Fsp3) is 0.435. The number of fused-ring (bicyclic) bond motifs is 2. The van der Waals surface area contributed by atoms with Gasteiger partial charge in [0, 0.05) is 12.1 Å². The van der Waals surface area contributed by atoms with Crippen molar-refractivity contribution in [3.05, 3.63) is 71.8 Å².